The Bertz CT molecular complexity index is 723. The molecule has 0 unspecified atom stereocenters. The van der Waals surface area contributed by atoms with E-state index in [1.807, 2.05) is 48.5 Å². The highest BCUT2D eigenvalue weighted by Gasteiger charge is 2.06. The Morgan fingerprint density at radius 1 is 0.625 bits per heavy atom. The fraction of sp³-hybridized carbons (Fsp3) is 0.567. The molecule has 2 heteroatoms. The molecule has 2 rings (SSSR count). The van der Waals surface area contributed by atoms with E-state index in [1.54, 1.807) is 0 Å². The maximum atomic E-state index is 12.2. The predicted molar refractivity (Wildman–Crippen MR) is 136 cm³/mol. The van der Waals surface area contributed by atoms with Crippen molar-refractivity contribution >= 4 is 5.97 Å². The van der Waals surface area contributed by atoms with Gasteiger partial charge in [-0.15, -0.1) is 0 Å². The van der Waals surface area contributed by atoms with Crippen LogP contribution in [0.5, 0.6) is 5.75 Å². The van der Waals surface area contributed by atoms with Crippen LogP contribution in [0.1, 0.15) is 108 Å². The summed E-state index contributed by atoms with van der Waals surface area (Å²) in [6.45, 7) is 2.28. The van der Waals surface area contributed by atoms with Crippen molar-refractivity contribution in [3.8, 4) is 5.75 Å². The second kappa shape index (κ2) is 17.5. The maximum Gasteiger partial charge on any atom is 0.311 e. The number of benzene rings is 2. The maximum absolute atomic E-state index is 12.2. The van der Waals surface area contributed by atoms with Gasteiger partial charge in [0.15, 0.2) is 0 Å². The summed E-state index contributed by atoms with van der Waals surface area (Å²) in [5.74, 6) is 0.516. The van der Waals surface area contributed by atoms with Crippen molar-refractivity contribution in [2.75, 3.05) is 0 Å². The molecule has 0 bridgehead atoms. The van der Waals surface area contributed by atoms with Gasteiger partial charge in [0, 0.05) is 6.42 Å². The molecule has 2 aromatic carbocycles. The summed E-state index contributed by atoms with van der Waals surface area (Å²) < 4.78 is 5.56. The zero-order chi connectivity index (χ0) is 22.7. The van der Waals surface area contributed by atoms with Crippen molar-refractivity contribution < 1.29 is 9.53 Å². The lowest BCUT2D eigenvalue weighted by Gasteiger charge is -2.07. The van der Waals surface area contributed by atoms with E-state index in [2.05, 4.69) is 13.0 Å². The van der Waals surface area contributed by atoms with Gasteiger partial charge in [-0.3, -0.25) is 4.79 Å². The van der Waals surface area contributed by atoms with Gasteiger partial charge < -0.3 is 4.74 Å². The van der Waals surface area contributed by atoms with E-state index in [0.717, 1.165) is 12.8 Å². The molecule has 0 aliphatic heterocycles. The summed E-state index contributed by atoms with van der Waals surface area (Å²) >= 11 is 0. The van der Waals surface area contributed by atoms with Gasteiger partial charge in [-0.1, -0.05) is 126 Å². The number of esters is 1. The summed E-state index contributed by atoms with van der Waals surface area (Å²) in [5.41, 5.74) is 2.43. The highest BCUT2D eigenvalue weighted by molar-refractivity contribution is 5.72. The van der Waals surface area contributed by atoms with E-state index < -0.39 is 0 Å². The molecule has 176 valence electrons. The fourth-order valence-corrected chi connectivity index (χ4v) is 4.18. The Morgan fingerprint density at radius 3 is 1.81 bits per heavy atom. The molecule has 2 aromatic rings. The van der Waals surface area contributed by atoms with Gasteiger partial charge in [-0.25, -0.2) is 0 Å². The van der Waals surface area contributed by atoms with Crippen LogP contribution in [0.4, 0.5) is 0 Å². The van der Waals surface area contributed by atoms with E-state index in [1.165, 1.54) is 94.6 Å². The third kappa shape index (κ3) is 12.7. The molecular formula is C30H44O2. The average molecular weight is 437 g/mol. The normalized spacial score (nSPS) is 10.9. The molecule has 0 radical (unpaired) electrons. The number of aryl methyl sites for hydroxylation is 2. The molecule has 0 saturated carbocycles. The SMILES string of the molecule is CCCCCCCCCCCCCCCc1cccc(OC(=O)CCc2ccccc2)c1. The van der Waals surface area contributed by atoms with Gasteiger partial charge >= 0.3 is 5.97 Å². The molecule has 0 aromatic heterocycles. The van der Waals surface area contributed by atoms with E-state index >= 15 is 0 Å². The van der Waals surface area contributed by atoms with Crippen molar-refractivity contribution in [1.29, 1.82) is 0 Å². The monoisotopic (exact) mass is 436 g/mol. The Hall–Kier alpha value is -2.09. The first-order valence-corrected chi connectivity index (χ1v) is 13.1. The van der Waals surface area contributed by atoms with Gasteiger partial charge in [-0.2, -0.15) is 0 Å². The molecule has 0 atom stereocenters. The molecule has 0 heterocycles. The Labute approximate surface area is 196 Å². The molecule has 0 aliphatic rings. The molecule has 0 saturated heterocycles. The van der Waals surface area contributed by atoms with Crippen LogP contribution in [0.3, 0.4) is 0 Å². The lowest BCUT2D eigenvalue weighted by Crippen LogP contribution is -2.09. The minimum Gasteiger partial charge on any atom is -0.427 e. The second-order valence-electron chi connectivity index (χ2n) is 9.10. The zero-order valence-corrected chi connectivity index (χ0v) is 20.3. The molecule has 0 spiro atoms. The molecule has 0 aliphatic carbocycles. The van der Waals surface area contributed by atoms with Gasteiger partial charge in [0.1, 0.15) is 5.75 Å². The summed E-state index contributed by atoms with van der Waals surface area (Å²) in [4.78, 5) is 12.2. The first-order chi connectivity index (χ1) is 15.8. The van der Waals surface area contributed by atoms with Crippen molar-refractivity contribution in [3.63, 3.8) is 0 Å². The minimum atomic E-state index is -0.160. The number of carbonyl (C=O) groups excluding carboxylic acids is 1. The number of unbranched alkanes of at least 4 members (excludes halogenated alkanes) is 12. The number of hydrogen-bond donors (Lipinski definition) is 0. The van der Waals surface area contributed by atoms with E-state index in [0.29, 0.717) is 12.2 Å². The van der Waals surface area contributed by atoms with E-state index in [-0.39, 0.29) is 5.97 Å². The molecule has 0 amide bonds. The standard InChI is InChI=1S/C30H44O2/c1-2-3-4-5-6-7-8-9-10-11-12-13-15-21-28-22-18-23-29(26-28)32-30(31)25-24-27-19-16-14-17-20-27/h14,16-20,22-23,26H,2-13,15,21,24-25H2,1H3. The van der Waals surface area contributed by atoms with Crippen LogP contribution in [0.15, 0.2) is 54.6 Å². The van der Waals surface area contributed by atoms with Crippen LogP contribution in [0, 0.1) is 0 Å². The molecule has 0 N–H and O–H groups in total. The van der Waals surface area contributed by atoms with Crippen LogP contribution in [0.25, 0.3) is 0 Å². The first-order valence-electron chi connectivity index (χ1n) is 13.1. The summed E-state index contributed by atoms with van der Waals surface area (Å²) in [6.07, 6.45) is 20.1. The summed E-state index contributed by atoms with van der Waals surface area (Å²) in [6, 6.07) is 18.1. The van der Waals surface area contributed by atoms with Gasteiger partial charge in [0.25, 0.3) is 0 Å². The summed E-state index contributed by atoms with van der Waals surface area (Å²) in [5, 5.41) is 0. The second-order valence-corrected chi connectivity index (χ2v) is 9.10. The van der Waals surface area contributed by atoms with Crippen molar-refractivity contribution in [2.45, 2.75) is 110 Å². The van der Waals surface area contributed by atoms with Crippen molar-refractivity contribution in [3.05, 3.63) is 65.7 Å². The molecule has 32 heavy (non-hydrogen) atoms. The van der Waals surface area contributed by atoms with Crippen LogP contribution in [0.2, 0.25) is 0 Å². The third-order valence-corrected chi connectivity index (χ3v) is 6.16. The van der Waals surface area contributed by atoms with E-state index in [9.17, 15) is 4.79 Å². The lowest BCUT2D eigenvalue weighted by molar-refractivity contribution is -0.134. The van der Waals surface area contributed by atoms with Crippen LogP contribution in [-0.4, -0.2) is 5.97 Å². The lowest BCUT2D eigenvalue weighted by atomic mass is 10.0. The van der Waals surface area contributed by atoms with Crippen LogP contribution < -0.4 is 4.74 Å². The average Bonchev–Trinajstić information content (AvgIpc) is 2.82. The first kappa shape index (κ1) is 26.2. The zero-order valence-electron chi connectivity index (χ0n) is 20.3. The number of carbonyl (C=O) groups is 1. The minimum absolute atomic E-state index is 0.160. The third-order valence-electron chi connectivity index (χ3n) is 6.16. The molecule has 0 fully saturated rings. The van der Waals surface area contributed by atoms with Crippen LogP contribution in [-0.2, 0) is 17.6 Å². The van der Waals surface area contributed by atoms with Crippen LogP contribution >= 0.6 is 0 Å². The summed E-state index contributed by atoms with van der Waals surface area (Å²) in [7, 11) is 0. The van der Waals surface area contributed by atoms with E-state index in [4.69, 9.17) is 4.74 Å². The highest BCUT2D eigenvalue weighted by Crippen LogP contribution is 2.18. The van der Waals surface area contributed by atoms with Gasteiger partial charge in [-0.05, 0) is 42.5 Å². The van der Waals surface area contributed by atoms with Crippen molar-refractivity contribution in [2.24, 2.45) is 0 Å². The Morgan fingerprint density at radius 2 is 1.19 bits per heavy atom. The largest absolute Gasteiger partial charge is 0.427 e. The number of hydrogen-bond acceptors (Lipinski definition) is 2. The fourth-order valence-electron chi connectivity index (χ4n) is 4.18. The quantitative estimate of drug-likeness (QED) is 0.132. The van der Waals surface area contributed by atoms with Crippen molar-refractivity contribution in [1.82, 2.24) is 0 Å². The predicted octanol–water partition coefficient (Wildman–Crippen LogP) is 8.86. The smallest absolute Gasteiger partial charge is 0.311 e. The van der Waals surface area contributed by atoms with Gasteiger partial charge in [0.2, 0.25) is 0 Å². The Balaban J connectivity index is 1.49. The molecular weight excluding hydrogens is 392 g/mol. The number of rotatable bonds is 18. The van der Waals surface area contributed by atoms with Gasteiger partial charge in [0.05, 0.1) is 0 Å². The highest BCUT2D eigenvalue weighted by atomic mass is 16.5. The topological polar surface area (TPSA) is 26.3 Å². The number of ether oxygens (including phenoxy) is 1. The molecule has 2 nitrogen and oxygen atoms in total. The Kier molecular flexibility index (Phi) is 14.3.